The molecule has 0 aliphatic rings. The first-order valence-electron chi connectivity index (χ1n) is 4.95. The lowest BCUT2D eigenvalue weighted by molar-refractivity contribution is 0.816. The normalized spacial score (nSPS) is 11.0. The van der Waals surface area contributed by atoms with Gasteiger partial charge in [0.1, 0.15) is 5.65 Å². The maximum Gasteiger partial charge on any atom is 0.141 e. The molecule has 0 unspecified atom stereocenters. The number of nitrogens with one attached hydrogen (secondary N) is 1. The second-order valence-corrected chi connectivity index (χ2v) is 3.38. The first kappa shape index (κ1) is 9.21. The van der Waals surface area contributed by atoms with Crippen LogP contribution in [0.25, 0.3) is 5.65 Å². The number of pyridine rings is 1. The van der Waals surface area contributed by atoms with E-state index < -0.39 is 0 Å². The Balaban J connectivity index is 2.55. The van der Waals surface area contributed by atoms with Gasteiger partial charge in [0.25, 0.3) is 0 Å². The van der Waals surface area contributed by atoms with Crippen molar-refractivity contribution in [3.63, 3.8) is 0 Å². The fraction of sp³-hybridized carbons (Fsp3) is 0.364. The molecule has 2 heterocycles. The van der Waals surface area contributed by atoms with Crippen molar-refractivity contribution < 1.29 is 0 Å². The van der Waals surface area contributed by atoms with Crippen molar-refractivity contribution in [1.29, 1.82) is 0 Å². The predicted molar refractivity (Wildman–Crippen MR) is 57.3 cm³/mol. The van der Waals surface area contributed by atoms with Crippen molar-refractivity contribution in [2.75, 3.05) is 7.05 Å². The molecule has 3 heteroatoms. The highest BCUT2D eigenvalue weighted by Crippen LogP contribution is 2.11. The largest absolute Gasteiger partial charge is 0.316 e. The van der Waals surface area contributed by atoms with Crippen LogP contribution in [0.1, 0.15) is 18.2 Å². The molecule has 0 spiro atoms. The van der Waals surface area contributed by atoms with Crippen LogP contribution in [-0.4, -0.2) is 16.4 Å². The van der Waals surface area contributed by atoms with Gasteiger partial charge in [-0.2, -0.15) is 0 Å². The third-order valence-corrected chi connectivity index (χ3v) is 2.34. The molecule has 3 nitrogen and oxygen atoms in total. The van der Waals surface area contributed by atoms with Crippen LogP contribution in [0.3, 0.4) is 0 Å². The number of fused-ring (bicyclic) bond motifs is 1. The molecular formula is C11H15N3. The van der Waals surface area contributed by atoms with Gasteiger partial charge in [-0.15, -0.1) is 0 Å². The van der Waals surface area contributed by atoms with E-state index in [0.717, 1.165) is 24.3 Å². The van der Waals surface area contributed by atoms with Crippen LogP contribution in [0.15, 0.2) is 24.5 Å². The van der Waals surface area contributed by atoms with E-state index in [1.807, 2.05) is 13.2 Å². The Morgan fingerprint density at radius 3 is 3.07 bits per heavy atom. The maximum atomic E-state index is 4.57. The molecule has 0 saturated heterocycles. The number of nitrogens with zero attached hydrogens (tertiary/aromatic N) is 2. The summed E-state index contributed by atoms with van der Waals surface area (Å²) >= 11 is 0. The van der Waals surface area contributed by atoms with Gasteiger partial charge in [0.05, 0.1) is 5.69 Å². The first-order chi connectivity index (χ1) is 6.85. The van der Waals surface area contributed by atoms with Crippen molar-refractivity contribution in [1.82, 2.24) is 14.7 Å². The lowest BCUT2D eigenvalue weighted by Gasteiger charge is -2.01. The Bertz CT molecular complexity index is 431. The monoisotopic (exact) mass is 189 g/mol. The number of aryl methyl sites for hydroxylation is 1. The predicted octanol–water partition coefficient (Wildman–Crippen LogP) is 1.62. The van der Waals surface area contributed by atoms with E-state index in [1.165, 1.54) is 5.56 Å². The van der Waals surface area contributed by atoms with E-state index in [1.54, 1.807) is 0 Å². The van der Waals surface area contributed by atoms with E-state index in [2.05, 4.69) is 40.0 Å². The van der Waals surface area contributed by atoms with E-state index in [9.17, 15) is 0 Å². The summed E-state index contributed by atoms with van der Waals surface area (Å²) in [5, 5.41) is 3.15. The number of imidazole rings is 1. The van der Waals surface area contributed by atoms with Gasteiger partial charge in [-0.3, -0.25) is 0 Å². The Hall–Kier alpha value is -1.35. The summed E-state index contributed by atoms with van der Waals surface area (Å²) in [6.07, 6.45) is 5.12. The summed E-state index contributed by atoms with van der Waals surface area (Å²) in [6, 6.07) is 4.17. The molecule has 0 aliphatic carbocycles. The van der Waals surface area contributed by atoms with Crippen molar-refractivity contribution in [2.45, 2.75) is 19.9 Å². The third kappa shape index (κ3) is 1.51. The average molecular weight is 189 g/mol. The van der Waals surface area contributed by atoms with E-state index >= 15 is 0 Å². The minimum atomic E-state index is 0.866. The van der Waals surface area contributed by atoms with Crippen molar-refractivity contribution in [2.24, 2.45) is 0 Å². The summed E-state index contributed by atoms with van der Waals surface area (Å²) in [6.45, 7) is 2.99. The molecule has 14 heavy (non-hydrogen) atoms. The fourth-order valence-corrected chi connectivity index (χ4v) is 1.62. The van der Waals surface area contributed by atoms with Crippen LogP contribution in [0.2, 0.25) is 0 Å². The van der Waals surface area contributed by atoms with E-state index in [-0.39, 0.29) is 0 Å². The van der Waals surface area contributed by atoms with Crippen LogP contribution < -0.4 is 5.32 Å². The molecular weight excluding hydrogens is 174 g/mol. The van der Waals surface area contributed by atoms with Gasteiger partial charge in [-0.05, 0) is 19.5 Å². The minimum absolute atomic E-state index is 0.866. The Morgan fingerprint density at radius 1 is 1.50 bits per heavy atom. The number of rotatable bonds is 3. The van der Waals surface area contributed by atoms with Crippen molar-refractivity contribution in [3.05, 3.63) is 35.8 Å². The highest BCUT2D eigenvalue weighted by Gasteiger charge is 2.03. The zero-order chi connectivity index (χ0) is 9.97. The van der Waals surface area contributed by atoms with E-state index in [0.29, 0.717) is 0 Å². The zero-order valence-corrected chi connectivity index (χ0v) is 8.62. The van der Waals surface area contributed by atoms with Gasteiger partial charge >= 0.3 is 0 Å². The van der Waals surface area contributed by atoms with Gasteiger partial charge in [-0.25, -0.2) is 4.98 Å². The molecule has 2 rings (SSSR count). The highest BCUT2D eigenvalue weighted by molar-refractivity contribution is 5.48. The lowest BCUT2D eigenvalue weighted by atomic mass is 10.2. The molecule has 0 bridgehead atoms. The first-order valence-corrected chi connectivity index (χ1v) is 4.95. The molecule has 0 amide bonds. The zero-order valence-electron chi connectivity index (χ0n) is 8.62. The molecule has 0 aliphatic heterocycles. The quantitative estimate of drug-likeness (QED) is 0.795. The second-order valence-electron chi connectivity index (χ2n) is 3.38. The molecule has 74 valence electrons. The van der Waals surface area contributed by atoms with E-state index in [4.69, 9.17) is 0 Å². The average Bonchev–Trinajstić information content (AvgIpc) is 2.62. The van der Waals surface area contributed by atoms with Crippen LogP contribution in [0.4, 0.5) is 0 Å². The Kier molecular flexibility index (Phi) is 2.50. The molecule has 0 fully saturated rings. The summed E-state index contributed by atoms with van der Waals surface area (Å²) < 4.78 is 2.09. The molecule has 2 aromatic heterocycles. The minimum Gasteiger partial charge on any atom is -0.316 e. The van der Waals surface area contributed by atoms with Crippen molar-refractivity contribution in [3.8, 4) is 0 Å². The van der Waals surface area contributed by atoms with Gasteiger partial charge in [-0.1, -0.05) is 13.0 Å². The maximum absolute atomic E-state index is 4.57. The summed E-state index contributed by atoms with van der Waals surface area (Å²) in [5.41, 5.74) is 3.46. The second kappa shape index (κ2) is 3.80. The Morgan fingerprint density at radius 2 is 2.36 bits per heavy atom. The lowest BCUT2D eigenvalue weighted by Crippen LogP contribution is -2.06. The molecule has 0 radical (unpaired) electrons. The third-order valence-electron chi connectivity index (χ3n) is 2.34. The van der Waals surface area contributed by atoms with Crippen LogP contribution >= 0.6 is 0 Å². The SMILES string of the molecule is CCc1cn2cccc(CNC)c2n1. The standard InChI is InChI=1S/C11H15N3/c1-3-10-8-14-6-4-5-9(7-12-2)11(14)13-10/h4-6,8,12H,3,7H2,1-2H3. The smallest absolute Gasteiger partial charge is 0.141 e. The fourth-order valence-electron chi connectivity index (χ4n) is 1.62. The molecule has 0 aromatic carbocycles. The number of hydrogen-bond acceptors (Lipinski definition) is 2. The van der Waals surface area contributed by atoms with Crippen LogP contribution in [0, 0.1) is 0 Å². The van der Waals surface area contributed by atoms with Crippen molar-refractivity contribution >= 4 is 5.65 Å². The van der Waals surface area contributed by atoms with Crippen LogP contribution in [-0.2, 0) is 13.0 Å². The topological polar surface area (TPSA) is 29.3 Å². The number of aromatic nitrogens is 2. The van der Waals surface area contributed by atoms with Gasteiger partial charge < -0.3 is 9.72 Å². The molecule has 1 N–H and O–H groups in total. The van der Waals surface area contributed by atoms with Gasteiger partial charge in [0, 0.05) is 24.5 Å². The summed E-state index contributed by atoms with van der Waals surface area (Å²) in [4.78, 5) is 4.57. The van der Waals surface area contributed by atoms with Gasteiger partial charge in [0.15, 0.2) is 0 Å². The Labute approximate surface area is 83.8 Å². The summed E-state index contributed by atoms with van der Waals surface area (Å²) in [5.74, 6) is 0. The van der Waals surface area contributed by atoms with Crippen LogP contribution in [0.5, 0.6) is 0 Å². The van der Waals surface area contributed by atoms with Gasteiger partial charge in [0.2, 0.25) is 0 Å². The highest BCUT2D eigenvalue weighted by atomic mass is 15.0. The molecule has 2 aromatic rings. The summed E-state index contributed by atoms with van der Waals surface area (Å²) in [7, 11) is 1.95. The number of hydrogen-bond donors (Lipinski definition) is 1. The molecule has 0 saturated carbocycles. The molecule has 0 atom stereocenters.